The molecule has 5 heteroatoms. The summed E-state index contributed by atoms with van der Waals surface area (Å²) in [6.45, 7) is 0. The first-order valence-electron chi connectivity index (χ1n) is 5.24. The summed E-state index contributed by atoms with van der Waals surface area (Å²) in [5.41, 5.74) is 0.496. The van der Waals surface area contributed by atoms with Crippen LogP contribution in [0.5, 0.6) is 0 Å². The van der Waals surface area contributed by atoms with Crippen LogP contribution in [-0.4, -0.2) is 17.9 Å². The van der Waals surface area contributed by atoms with Crippen molar-refractivity contribution in [1.29, 1.82) is 0 Å². The average Bonchev–Trinajstić information content (AvgIpc) is 2.38. The Balaban J connectivity index is 2.31. The normalized spacial score (nSPS) is 10.2. The number of rotatable bonds is 2. The van der Waals surface area contributed by atoms with E-state index in [4.69, 9.17) is 0 Å². The van der Waals surface area contributed by atoms with Crippen molar-refractivity contribution in [3.05, 3.63) is 58.6 Å². The van der Waals surface area contributed by atoms with E-state index >= 15 is 0 Å². The molecule has 18 heavy (non-hydrogen) atoms. The van der Waals surface area contributed by atoms with Crippen LogP contribution >= 0.6 is 15.9 Å². The molecule has 0 bridgehead atoms. The van der Waals surface area contributed by atoms with Crippen molar-refractivity contribution in [3.8, 4) is 0 Å². The summed E-state index contributed by atoms with van der Waals surface area (Å²) < 4.78 is 14.4. The zero-order valence-corrected chi connectivity index (χ0v) is 11.2. The van der Waals surface area contributed by atoms with Crippen molar-refractivity contribution in [1.82, 2.24) is 4.98 Å². The molecule has 1 heterocycles. The highest BCUT2D eigenvalue weighted by Crippen LogP contribution is 2.23. The Morgan fingerprint density at radius 3 is 2.72 bits per heavy atom. The van der Waals surface area contributed by atoms with E-state index in [0.29, 0.717) is 4.47 Å². The molecule has 0 aliphatic heterocycles. The maximum Gasteiger partial charge on any atom is 0.276 e. The van der Waals surface area contributed by atoms with Gasteiger partial charge in [-0.1, -0.05) is 22.0 Å². The first kappa shape index (κ1) is 12.7. The number of benzene rings is 1. The molecule has 0 aliphatic rings. The number of nitrogens with zero attached hydrogens (tertiary/aromatic N) is 2. The minimum absolute atomic E-state index is 0.217. The van der Waals surface area contributed by atoms with E-state index in [1.807, 2.05) is 0 Å². The average molecular weight is 309 g/mol. The predicted octanol–water partition coefficient (Wildman–Crippen LogP) is 3.26. The highest BCUT2D eigenvalue weighted by atomic mass is 79.9. The molecule has 0 atom stereocenters. The molecule has 1 amide bonds. The topological polar surface area (TPSA) is 33.2 Å². The van der Waals surface area contributed by atoms with Crippen molar-refractivity contribution >= 4 is 27.5 Å². The van der Waals surface area contributed by atoms with Crippen LogP contribution in [0, 0.1) is 5.82 Å². The third-order valence-corrected chi connectivity index (χ3v) is 2.95. The number of halogens is 2. The maximum atomic E-state index is 13.7. The minimum atomic E-state index is -0.462. The van der Waals surface area contributed by atoms with Crippen molar-refractivity contribution in [2.45, 2.75) is 0 Å². The SMILES string of the molecule is CN(C(=O)c1ccccn1)c1ccc(Br)cc1F. The number of hydrogen-bond donors (Lipinski definition) is 0. The van der Waals surface area contributed by atoms with Gasteiger partial charge in [-0.3, -0.25) is 9.78 Å². The predicted molar refractivity (Wildman–Crippen MR) is 71.1 cm³/mol. The second kappa shape index (κ2) is 5.27. The van der Waals surface area contributed by atoms with Gasteiger partial charge in [-0.2, -0.15) is 0 Å². The molecule has 92 valence electrons. The molecule has 0 unspecified atom stereocenters. The summed E-state index contributed by atoms with van der Waals surface area (Å²) in [6.07, 6.45) is 1.53. The molecular weight excluding hydrogens is 299 g/mol. The van der Waals surface area contributed by atoms with Crippen molar-refractivity contribution in [2.24, 2.45) is 0 Å². The lowest BCUT2D eigenvalue weighted by Crippen LogP contribution is -2.27. The molecule has 0 saturated carbocycles. The Labute approximate surface area is 112 Å². The Morgan fingerprint density at radius 2 is 2.11 bits per heavy atom. The van der Waals surface area contributed by atoms with Crippen LogP contribution in [0.3, 0.4) is 0 Å². The molecule has 3 nitrogen and oxygen atoms in total. The lowest BCUT2D eigenvalue weighted by Gasteiger charge is -2.17. The lowest BCUT2D eigenvalue weighted by molar-refractivity contribution is 0.0987. The van der Waals surface area contributed by atoms with Gasteiger partial charge in [0.2, 0.25) is 0 Å². The Kier molecular flexibility index (Phi) is 3.72. The quantitative estimate of drug-likeness (QED) is 0.853. The zero-order chi connectivity index (χ0) is 13.1. The highest BCUT2D eigenvalue weighted by molar-refractivity contribution is 9.10. The first-order valence-corrected chi connectivity index (χ1v) is 6.03. The van der Waals surface area contributed by atoms with E-state index in [0.717, 1.165) is 0 Å². The van der Waals surface area contributed by atoms with Crippen LogP contribution in [0.4, 0.5) is 10.1 Å². The standard InChI is InChI=1S/C13H10BrFN2O/c1-17(12-6-5-9(14)8-10(12)15)13(18)11-4-2-3-7-16-11/h2-8H,1H3. The summed E-state index contributed by atoms with van der Waals surface area (Å²) in [7, 11) is 1.52. The Bertz CT molecular complexity index is 574. The molecule has 2 rings (SSSR count). The second-order valence-electron chi connectivity index (χ2n) is 3.67. The molecule has 1 aromatic heterocycles. The van der Waals surface area contributed by atoms with Gasteiger partial charge in [0.05, 0.1) is 5.69 Å². The largest absolute Gasteiger partial charge is 0.307 e. The first-order chi connectivity index (χ1) is 8.59. The summed E-state index contributed by atoms with van der Waals surface area (Å²) in [5, 5.41) is 0. The number of anilines is 1. The Hall–Kier alpha value is -1.75. The fourth-order valence-corrected chi connectivity index (χ4v) is 1.86. The number of carbonyl (C=O) groups excluding carboxylic acids is 1. The van der Waals surface area contributed by atoms with Crippen LogP contribution in [0.25, 0.3) is 0 Å². The van der Waals surface area contributed by atoms with Gasteiger partial charge in [-0.15, -0.1) is 0 Å². The molecule has 0 radical (unpaired) electrons. The summed E-state index contributed by atoms with van der Waals surface area (Å²) >= 11 is 3.17. The Morgan fingerprint density at radius 1 is 1.33 bits per heavy atom. The number of aromatic nitrogens is 1. The third-order valence-electron chi connectivity index (χ3n) is 2.46. The van der Waals surface area contributed by atoms with Crippen LogP contribution < -0.4 is 4.90 Å². The number of amides is 1. The van der Waals surface area contributed by atoms with Gasteiger partial charge in [0, 0.05) is 17.7 Å². The van der Waals surface area contributed by atoms with E-state index in [9.17, 15) is 9.18 Å². The van der Waals surface area contributed by atoms with Crippen LogP contribution in [0.15, 0.2) is 47.1 Å². The van der Waals surface area contributed by atoms with Gasteiger partial charge in [-0.05, 0) is 30.3 Å². The van der Waals surface area contributed by atoms with E-state index in [2.05, 4.69) is 20.9 Å². The van der Waals surface area contributed by atoms with Gasteiger partial charge in [0.1, 0.15) is 11.5 Å². The van der Waals surface area contributed by atoms with Gasteiger partial charge in [0.15, 0.2) is 0 Å². The van der Waals surface area contributed by atoms with Gasteiger partial charge >= 0.3 is 0 Å². The van der Waals surface area contributed by atoms with E-state index in [-0.39, 0.29) is 17.3 Å². The van der Waals surface area contributed by atoms with E-state index in [1.165, 1.54) is 24.2 Å². The second-order valence-corrected chi connectivity index (χ2v) is 4.59. The molecule has 2 aromatic rings. The number of carbonyl (C=O) groups is 1. The fourth-order valence-electron chi connectivity index (χ4n) is 1.52. The highest BCUT2D eigenvalue weighted by Gasteiger charge is 2.17. The van der Waals surface area contributed by atoms with Gasteiger partial charge in [0.25, 0.3) is 5.91 Å². The molecule has 0 N–H and O–H groups in total. The van der Waals surface area contributed by atoms with Gasteiger partial charge < -0.3 is 4.90 Å². The lowest BCUT2D eigenvalue weighted by atomic mass is 10.2. The van der Waals surface area contributed by atoms with Crippen molar-refractivity contribution in [2.75, 3.05) is 11.9 Å². The monoisotopic (exact) mass is 308 g/mol. The molecule has 0 spiro atoms. The molecule has 0 aliphatic carbocycles. The zero-order valence-electron chi connectivity index (χ0n) is 9.60. The molecular formula is C13H10BrFN2O. The van der Waals surface area contributed by atoms with Crippen molar-refractivity contribution in [3.63, 3.8) is 0 Å². The van der Waals surface area contributed by atoms with Gasteiger partial charge in [-0.25, -0.2) is 4.39 Å². The summed E-state index contributed by atoms with van der Waals surface area (Å²) in [6, 6.07) is 9.57. The fraction of sp³-hybridized carbons (Fsp3) is 0.0769. The number of pyridine rings is 1. The minimum Gasteiger partial charge on any atom is -0.307 e. The molecule has 0 saturated heterocycles. The van der Waals surface area contributed by atoms with Crippen LogP contribution in [-0.2, 0) is 0 Å². The van der Waals surface area contributed by atoms with Crippen LogP contribution in [0.2, 0.25) is 0 Å². The van der Waals surface area contributed by atoms with Crippen molar-refractivity contribution < 1.29 is 9.18 Å². The summed E-state index contributed by atoms with van der Waals surface area (Å²) in [5.74, 6) is -0.812. The maximum absolute atomic E-state index is 13.7. The van der Waals surface area contributed by atoms with E-state index in [1.54, 1.807) is 30.3 Å². The smallest absolute Gasteiger partial charge is 0.276 e. The van der Waals surface area contributed by atoms with E-state index < -0.39 is 5.82 Å². The third kappa shape index (κ3) is 2.56. The summed E-state index contributed by atoms with van der Waals surface area (Å²) in [4.78, 5) is 17.3. The molecule has 1 aromatic carbocycles. The molecule has 0 fully saturated rings. The number of hydrogen-bond acceptors (Lipinski definition) is 2. The van der Waals surface area contributed by atoms with Crippen LogP contribution in [0.1, 0.15) is 10.5 Å².